The molecule has 4 nitrogen and oxygen atoms in total. The van der Waals surface area contributed by atoms with E-state index in [2.05, 4.69) is 13.8 Å². The first-order chi connectivity index (χ1) is 15.0. The van der Waals surface area contributed by atoms with Gasteiger partial charge in [0.25, 0.3) is 10.1 Å². The van der Waals surface area contributed by atoms with Crippen molar-refractivity contribution in [3.8, 4) is 0 Å². The normalized spacial score (nSPS) is 22.1. The van der Waals surface area contributed by atoms with Gasteiger partial charge in [-0.1, -0.05) is 96.8 Å². The van der Waals surface area contributed by atoms with E-state index in [4.69, 9.17) is 4.18 Å². The van der Waals surface area contributed by atoms with E-state index < -0.39 is 21.8 Å². The van der Waals surface area contributed by atoms with Gasteiger partial charge in [-0.25, -0.2) is 0 Å². The second-order valence-electron chi connectivity index (χ2n) is 10.1. The summed E-state index contributed by atoms with van der Waals surface area (Å²) in [5.74, 6) is 0.349. The lowest BCUT2D eigenvalue weighted by Crippen LogP contribution is -2.45. The van der Waals surface area contributed by atoms with Crippen LogP contribution in [-0.2, 0) is 19.9 Å². The van der Waals surface area contributed by atoms with Gasteiger partial charge in [-0.05, 0) is 52.8 Å². The average Bonchev–Trinajstić information content (AvgIpc) is 2.74. The fourth-order valence-corrected chi connectivity index (χ4v) is 6.51. The molecule has 2 atom stereocenters. The Balaban J connectivity index is 2.11. The van der Waals surface area contributed by atoms with Crippen molar-refractivity contribution in [2.75, 3.05) is 0 Å². The topological polar surface area (TPSA) is 63.6 Å². The van der Waals surface area contributed by atoms with Crippen molar-refractivity contribution in [2.24, 2.45) is 0 Å². The van der Waals surface area contributed by atoms with Gasteiger partial charge in [0, 0.05) is 0 Å². The molecule has 0 heterocycles. The molecular formula is C27H38O4S. The zero-order valence-electron chi connectivity index (χ0n) is 20.3. The van der Waals surface area contributed by atoms with E-state index in [1.54, 1.807) is 0 Å². The van der Waals surface area contributed by atoms with Crippen molar-refractivity contribution in [1.82, 2.24) is 0 Å². The predicted octanol–water partition coefficient (Wildman–Crippen LogP) is 6.59. The fourth-order valence-electron chi connectivity index (χ4n) is 4.69. The van der Waals surface area contributed by atoms with Crippen molar-refractivity contribution in [3.63, 3.8) is 0 Å². The molecule has 0 bridgehead atoms. The molecule has 0 radical (unpaired) electrons. The Morgan fingerprint density at radius 3 is 1.97 bits per heavy atom. The summed E-state index contributed by atoms with van der Waals surface area (Å²) < 4.78 is 33.6. The quantitative estimate of drug-likeness (QED) is 0.475. The van der Waals surface area contributed by atoms with E-state index in [1.165, 1.54) is 0 Å². The monoisotopic (exact) mass is 458 g/mol. The Morgan fingerprint density at radius 2 is 1.47 bits per heavy atom. The van der Waals surface area contributed by atoms with E-state index in [0.29, 0.717) is 24.3 Å². The summed E-state index contributed by atoms with van der Waals surface area (Å²) in [7, 11) is -4.09. The van der Waals surface area contributed by atoms with Crippen LogP contribution in [0.1, 0.15) is 107 Å². The van der Waals surface area contributed by atoms with E-state index in [-0.39, 0.29) is 16.7 Å². The van der Waals surface area contributed by atoms with Gasteiger partial charge in [0.15, 0.2) is 0 Å². The molecule has 0 spiro atoms. The fraction of sp³-hybridized carbons (Fsp3) is 0.556. The summed E-state index contributed by atoms with van der Waals surface area (Å²) in [6.07, 6.45) is 1.84. The molecule has 2 aromatic carbocycles. The number of hydrogen-bond acceptors (Lipinski definition) is 4. The molecule has 0 aliphatic heterocycles. The van der Waals surface area contributed by atoms with Gasteiger partial charge in [0.05, 0.1) is 0 Å². The Labute approximate surface area is 194 Å². The predicted molar refractivity (Wildman–Crippen MR) is 130 cm³/mol. The molecule has 0 aromatic heterocycles. The molecule has 2 aromatic rings. The maximum absolute atomic E-state index is 13.8. The average molecular weight is 459 g/mol. The molecule has 1 N–H and O–H groups in total. The summed E-state index contributed by atoms with van der Waals surface area (Å²) in [6.45, 7) is 12.3. The number of hydrogen-bond donors (Lipinski definition) is 1. The molecule has 0 saturated heterocycles. The minimum atomic E-state index is -4.09. The highest BCUT2D eigenvalue weighted by Gasteiger charge is 2.44. The van der Waals surface area contributed by atoms with Crippen molar-refractivity contribution >= 4 is 10.1 Å². The van der Waals surface area contributed by atoms with E-state index in [9.17, 15) is 13.5 Å². The van der Waals surface area contributed by atoms with Gasteiger partial charge >= 0.3 is 0 Å². The van der Waals surface area contributed by atoms with Crippen LogP contribution in [0.5, 0.6) is 0 Å². The second-order valence-corrected chi connectivity index (χ2v) is 11.6. The van der Waals surface area contributed by atoms with Crippen LogP contribution >= 0.6 is 0 Å². The summed E-state index contributed by atoms with van der Waals surface area (Å²) in [5.41, 5.74) is 2.11. The smallest absolute Gasteiger partial charge is 0.297 e. The Bertz CT molecular complexity index is 996. The molecule has 1 aliphatic carbocycles. The van der Waals surface area contributed by atoms with Crippen molar-refractivity contribution in [3.05, 3.63) is 64.7 Å². The first-order valence-electron chi connectivity index (χ1n) is 11.9. The molecule has 0 amide bonds. The molecule has 1 fully saturated rings. The maximum atomic E-state index is 13.8. The Morgan fingerprint density at radius 1 is 0.906 bits per heavy atom. The lowest BCUT2D eigenvalue weighted by atomic mass is 9.77. The van der Waals surface area contributed by atoms with Gasteiger partial charge in [0.1, 0.15) is 16.6 Å². The van der Waals surface area contributed by atoms with Crippen LogP contribution in [0.25, 0.3) is 0 Å². The highest BCUT2D eigenvalue weighted by molar-refractivity contribution is 7.86. The third-order valence-electron chi connectivity index (χ3n) is 6.65. The van der Waals surface area contributed by atoms with Crippen molar-refractivity contribution in [1.29, 1.82) is 0 Å². The van der Waals surface area contributed by atoms with Crippen LogP contribution in [0, 0.1) is 0 Å². The van der Waals surface area contributed by atoms with Gasteiger partial charge < -0.3 is 5.11 Å². The summed E-state index contributed by atoms with van der Waals surface area (Å²) in [5, 5.41) is 11.6. The highest BCUT2D eigenvalue weighted by atomic mass is 32.2. The Kier molecular flexibility index (Phi) is 7.53. The molecule has 176 valence electrons. The first kappa shape index (κ1) is 24.9. The summed E-state index contributed by atoms with van der Waals surface area (Å²) in [6, 6.07) is 13.4. The van der Waals surface area contributed by atoms with Gasteiger partial charge in [-0.3, -0.25) is 4.18 Å². The number of benzene rings is 2. The third kappa shape index (κ3) is 4.95. The number of rotatable bonds is 7. The van der Waals surface area contributed by atoms with Crippen LogP contribution < -0.4 is 0 Å². The molecular weight excluding hydrogens is 420 g/mol. The van der Waals surface area contributed by atoms with Gasteiger partial charge in [-0.15, -0.1) is 0 Å². The van der Waals surface area contributed by atoms with Crippen LogP contribution in [0.15, 0.2) is 47.4 Å². The van der Waals surface area contributed by atoms with Crippen LogP contribution in [0.2, 0.25) is 0 Å². The second kappa shape index (κ2) is 9.66. The van der Waals surface area contributed by atoms with Crippen LogP contribution in [-0.4, -0.2) is 19.6 Å². The molecule has 2 unspecified atom stereocenters. The summed E-state index contributed by atoms with van der Waals surface area (Å²) >= 11 is 0. The minimum Gasteiger partial charge on any atom is -0.382 e. The molecule has 1 saturated carbocycles. The first-order valence-corrected chi connectivity index (χ1v) is 13.3. The van der Waals surface area contributed by atoms with Crippen LogP contribution in [0.3, 0.4) is 0 Å². The van der Waals surface area contributed by atoms with E-state index in [1.807, 2.05) is 70.2 Å². The molecule has 1 aliphatic rings. The lowest BCUT2D eigenvalue weighted by molar-refractivity contribution is -0.0911. The largest absolute Gasteiger partial charge is 0.382 e. The van der Waals surface area contributed by atoms with Crippen LogP contribution in [0.4, 0.5) is 0 Å². The lowest BCUT2D eigenvalue weighted by Gasteiger charge is -2.39. The van der Waals surface area contributed by atoms with Crippen molar-refractivity contribution < 1.29 is 17.7 Å². The molecule has 3 rings (SSSR count). The molecule has 32 heavy (non-hydrogen) atoms. The SMILES string of the molecule is CC(C)c1cc(C(C)C)c(S(=O)(=O)OC2CCCCC2(O)c2ccccc2)c(C(C)C)c1. The third-order valence-corrected chi connectivity index (χ3v) is 8.11. The van der Waals surface area contributed by atoms with Gasteiger partial charge in [-0.2, -0.15) is 8.42 Å². The van der Waals surface area contributed by atoms with E-state index in [0.717, 1.165) is 29.5 Å². The highest BCUT2D eigenvalue weighted by Crippen LogP contribution is 2.42. The number of aliphatic hydroxyl groups is 1. The zero-order valence-corrected chi connectivity index (χ0v) is 21.1. The van der Waals surface area contributed by atoms with Gasteiger partial charge in [0.2, 0.25) is 0 Å². The Hall–Kier alpha value is -1.69. The van der Waals surface area contributed by atoms with E-state index >= 15 is 0 Å². The minimum absolute atomic E-state index is 0.0268. The summed E-state index contributed by atoms with van der Waals surface area (Å²) in [4.78, 5) is 0.285. The molecule has 5 heteroatoms. The standard InChI is InChI=1S/C27H38O4S/c1-18(2)21-16-23(19(3)4)26(24(17-21)20(5)6)32(29,30)31-25-14-10-11-15-27(25,28)22-12-8-7-9-13-22/h7-9,12-13,16-20,25,28H,10-11,14-15H2,1-6H3. The maximum Gasteiger partial charge on any atom is 0.297 e. The van der Waals surface area contributed by atoms with Crippen molar-refractivity contribution in [2.45, 2.75) is 102 Å². The zero-order chi connectivity index (χ0) is 23.7.